The van der Waals surface area contributed by atoms with E-state index < -0.39 is 28.0 Å². The molecule has 7 heteroatoms. The summed E-state index contributed by atoms with van der Waals surface area (Å²) in [6, 6.07) is 3.28. The molecule has 19 heavy (non-hydrogen) atoms. The molecule has 1 aliphatic rings. The van der Waals surface area contributed by atoms with Crippen molar-refractivity contribution in [2.24, 2.45) is 10.8 Å². The van der Waals surface area contributed by atoms with Crippen molar-refractivity contribution < 1.29 is 13.6 Å². The van der Waals surface area contributed by atoms with Gasteiger partial charge in [0.1, 0.15) is 22.1 Å². The van der Waals surface area contributed by atoms with Crippen molar-refractivity contribution in [3.63, 3.8) is 0 Å². The van der Waals surface area contributed by atoms with Crippen LogP contribution in [-0.4, -0.2) is 21.0 Å². The van der Waals surface area contributed by atoms with Crippen LogP contribution in [0.3, 0.4) is 0 Å². The number of hydrazone groups is 1. The average Bonchev–Trinajstić information content (AvgIpc) is 2.65. The summed E-state index contributed by atoms with van der Waals surface area (Å²) in [7, 11) is 0. The highest BCUT2D eigenvalue weighted by Crippen LogP contribution is 2.39. The summed E-state index contributed by atoms with van der Waals surface area (Å²) >= 11 is 1.20. The van der Waals surface area contributed by atoms with Gasteiger partial charge in [-0.15, -0.1) is 5.10 Å². The van der Waals surface area contributed by atoms with Gasteiger partial charge in [0.05, 0.1) is 0 Å². The van der Waals surface area contributed by atoms with Gasteiger partial charge in [0.15, 0.2) is 5.17 Å². The molecule has 0 saturated heterocycles. The fourth-order valence-electron chi connectivity index (χ4n) is 1.78. The maximum Gasteiger partial charge on any atom is 0.281 e. The molecule has 1 atom stereocenters. The second kappa shape index (κ2) is 4.80. The van der Waals surface area contributed by atoms with Crippen molar-refractivity contribution in [3.05, 3.63) is 35.4 Å². The lowest BCUT2D eigenvalue weighted by Crippen LogP contribution is -2.41. The van der Waals surface area contributed by atoms with Crippen LogP contribution in [0.15, 0.2) is 23.3 Å². The lowest BCUT2D eigenvalue weighted by atomic mass is 10.1. The number of hydrogen-bond acceptors (Lipinski definition) is 4. The van der Waals surface area contributed by atoms with Crippen molar-refractivity contribution in [2.45, 2.75) is 25.1 Å². The minimum absolute atomic E-state index is 0.203. The van der Waals surface area contributed by atoms with E-state index in [1.54, 1.807) is 6.92 Å². The molecule has 2 N–H and O–H groups in total. The van der Waals surface area contributed by atoms with Crippen LogP contribution in [0.2, 0.25) is 0 Å². The van der Waals surface area contributed by atoms with E-state index in [4.69, 9.17) is 5.73 Å². The molecule has 1 aromatic rings. The molecule has 0 saturated carbocycles. The lowest BCUT2D eigenvalue weighted by Gasteiger charge is -2.30. The number of amides is 1. The molecule has 0 spiro atoms. The van der Waals surface area contributed by atoms with Gasteiger partial charge < -0.3 is 5.73 Å². The van der Waals surface area contributed by atoms with E-state index in [-0.39, 0.29) is 5.17 Å². The number of amidine groups is 1. The Balaban J connectivity index is 2.44. The van der Waals surface area contributed by atoms with Gasteiger partial charge in [-0.2, -0.15) is 0 Å². The largest absolute Gasteiger partial charge is 0.377 e. The van der Waals surface area contributed by atoms with Gasteiger partial charge in [-0.25, -0.2) is 13.8 Å². The summed E-state index contributed by atoms with van der Waals surface area (Å²) in [4.78, 5) is 11.6. The topological polar surface area (TPSA) is 58.7 Å². The molecular weight excluding hydrogens is 272 g/mol. The summed E-state index contributed by atoms with van der Waals surface area (Å²) in [6.45, 7) is 3.59. The molecule has 1 aliphatic heterocycles. The molecule has 2 rings (SSSR count). The first kappa shape index (κ1) is 13.8. The molecule has 0 aromatic heterocycles. The fraction of sp³-hybridized carbons (Fsp3) is 0.333. The second-order valence-corrected chi connectivity index (χ2v) is 5.78. The number of hydrogen-bond donors (Lipinski definition) is 1. The maximum absolute atomic E-state index is 13.6. The monoisotopic (exact) mass is 285 g/mol. The van der Waals surface area contributed by atoms with Gasteiger partial charge in [0.2, 0.25) is 0 Å². The van der Waals surface area contributed by atoms with Crippen molar-refractivity contribution in [1.29, 1.82) is 0 Å². The fourth-order valence-corrected chi connectivity index (χ4v) is 2.71. The zero-order valence-electron chi connectivity index (χ0n) is 10.5. The zero-order valence-corrected chi connectivity index (χ0v) is 11.3. The molecule has 1 amide bonds. The summed E-state index contributed by atoms with van der Waals surface area (Å²) < 4.78 is 27.3. The Hall–Kier alpha value is -1.63. The van der Waals surface area contributed by atoms with E-state index in [9.17, 15) is 13.6 Å². The van der Waals surface area contributed by atoms with Gasteiger partial charge in [0.25, 0.3) is 5.91 Å². The average molecular weight is 285 g/mol. The predicted octanol–water partition coefficient (Wildman–Crippen LogP) is 2.51. The minimum atomic E-state index is -0.908. The highest BCUT2D eigenvalue weighted by Gasteiger charge is 2.42. The van der Waals surface area contributed by atoms with Crippen LogP contribution < -0.4 is 5.73 Å². The van der Waals surface area contributed by atoms with E-state index in [2.05, 4.69) is 5.10 Å². The van der Waals surface area contributed by atoms with Gasteiger partial charge in [-0.05, 0) is 25.5 Å². The standard InChI is InChI=1S/C12H13F2N3OS/c1-3-12(2)17(16-11(15)19-12)10(18)9-7(13)5-4-6-8(9)14/h4-6H,3H2,1-2H3,(H2,15,16). The number of rotatable bonds is 2. The third-order valence-electron chi connectivity index (χ3n) is 3.00. The Labute approximate surface area is 113 Å². The number of halogens is 2. The first-order valence-electron chi connectivity index (χ1n) is 5.70. The smallest absolute Gasteiger partial charge is 0.281 e. The Kier molecular flexibility index (Phi) is 3.49. The van der Waals surface area contributed by atoms with Gasteiger partial charge in [0, 0.05) is 0 Å². The number of nitrogens with zero attached hydrogens (tertiary/aromatic N) is 2. The zero-order chi connectivity index (χ0) is 14.2. The van der Waals surface area contributed by atoms with Crippen molar-refractivity contribution >= 4 is 22.8 Å². The molecule has 1 unspecified atom stereocenters. The molecule has 1 heterocycles. The minimum Gasteiger partial charge on any atom is -0.377 e. The Morgan fingerprint density at radius 1 is 1.47 bits per heavy atom. The highest BCUT2D eigenvalue weighted by atomic mass is 32.2. The first-order chi connectivity index (χ1) is 8.89. The third kappa shape index (κ3) is 2.30. The predicted molar refractivity (Wildman–Crippen MR) is 70.4 cm³/mol. The first-order valence-corrected chi connectivity index (χ1v) is 6.52. The van der Waals surface area contributed by atoms with E-state index in [0.29, 0.717) is 6.42 Å². The normalized spacial score (nSPS) is 22.5. The van der Waals surface area contributed by atoms with E-state index in [1.807, 2.05) is 6.92 Å². The van der Waals surface area contributed by atoms with Gasteiger partial charge in [-0.3, -0.25) is 4.79 Å². The van der Waals surface area contributed by atoms with Crippen LogP contribution in [0.4, 0.5) is 8.78 Å². The van der Waals surface area contributed by atoms with Crippen molar-refractivity contribution in [1.82, 2.24) is 5.01 Å². The number of benzene rings is 1. The number of carbonyl (C=O) groups excluding carboxylic acids is 1. The number of nitrogens with two attached hydrogens (primary N) is 1. The molecule has 1 aromatic carbocycles. The quantitative estimate of drug-likeness (QED) is 0.908. The van der Waals surface area contributed by atoms with Crippen LogP contribution in [0.5, 0.6) is 0 Å². The van der Waals surface area contributed by atoms with Crippen LogP contribution in [0.1, 0.15) is 30.6 Å². The second-order valence-electron chi connectivity index (χ2n) is 4.28. The van der Waals surface area contributed by atoms with Crippen LogP contribution in [0, 0.1) is 11.6 Å². The van der Waals surface area contributed by atoms with Crippen LogP contribution in [-0.2, 0) is 0 Å². The van der Waals surface area contributed by atoms with Crippen LogP contribution >= 0.6 is 11.8 Å². The van der Waals surface area contributed by atoms with Crippen molar-refractivity contribution in [2.75, 3.05) is 0 Å². The van der Waals surface area contributed by atoms with E-state index in [1.165, 1.54) is 17.8 Å². The maximum atomic E-state index is 13.6. The van der Waals surface area contributed by atoms with E-state index in [0.717, 1.165) is 17.1 Å². The lowest BCUT2D eigenvalue weighted by molar-refractivity contribution is 0.0660. The molecule has 0 fully saturated rings. The number of thioether (sulfide) groups is 1. The van der Waals surface area contributed by atoms with Crippen LogP contribution in [0.25, 0.3) is 0 Å². The molecule has 0 aliphatic carbocycles. The molecule has 4 nitrogen and oxygen atoms in total. The van der Waals surface area contributed by atoms with E-state index >= 15 is 0 Å². The van der Waals surface area contributed by atoms with Gasteiger partial charge in [-0.1, -0.05) is 24.8 Å². The molecule has 102 valence electrons. The van der Waals surface area contributed by atoms with Crippen molar-refractivity contribution in [3.8, 4) is 0 Å². The summed E-state index contributed by atoms with van der Waals surface area (Å²) in [5, 5.41) is 5.13. The number of carbonyl (C=O) groups is 1. The van der Waals surface area contributed by atoms with Gasteiger partial charge >= 0.3 is 0 Å². The Morgan fingerprint density at radius 2 is 2.05 bits per heavy atom. The molecule has 0 radical (unpaired) electrons. The highest BCUT2D eigenvalue weighted by molar-refractivity contribution is 8.15. The Morgan fingerprint density at radius 3 is 2.58 bits per heavy atom. The SMILES string of the molecule is CCC1(C)SC(N)=NN1C(=O)c1c(F)cccc1F. The molecular formula is C12H13F2N3OS. The Bertz CT molecular complexity index is 544. The summed E-state index contributed by atoms with van der Waals surface area (Å²) in [6.07, 6.45) is 0.545. The summed E-state index contributed by atoms with van der Waals surface area (Å²) in [5.74, 6) is -2.64. The third-order valence-corrected chi connectivity index (χ3v) is 4.19. The molecule has 0 bridgehead atoms. The summed E-state index contributed by atoms with van der Waals surface area (Å²) in [5.41, 5.74) is 4.99.